The van der Waals surface area contributed by atoms with Gasteiger partial charge in [-0.25, -0.2) is 4.98 Å². The Morgan fingerprint density at radius 1 is 1.29 bits per heavy atom. The summed E-state index contributed by atoms with van der Waals surface area (Å²) in [7, 11) is 0. The minimum Gasteiger partial charge on any atom is -0.325 e. The fraction of sp³-hybridized carbons (Fsp3) is 0.278. The second kappa shape index (κ2) is 5.77. The van der Waals surface area contributed by atoms with Crippen LogP contribution in [0.2, 0.25) is 0 Å². The van der Waals surface area contributed by atoms with Crippen LogP contribution in [0, 0.1) is 16.7 Å². The molecular formula is C18H16N4OS. The Balaban J connectivity index is 1.52. The van der Waals surface area contributed by atoms with Crippen molar-refractivity contribution in [2.24, 2.45) is 5.41 Å². The Bertz CT molecular complexity index is 897. The van der Waals surface area contributed by atoms with Crippen molar-refractivity contribution < 1.29 is 4.79 Å². The number of nitriles is 1. The van der Waals surface area contributed by atoms with Crippen molar-refractivity contribution in [3.8, 4) is 17.3 Å². The van der Waals surface area contributed by atoms with Gasteiger partial charge in [-0.15, -0.1) is 11.3 Å². The fourth-order valence-corrected chi connectivity index (χ4v) is 3.91. The first-order chi connectivity index (χ1) is 11.7. The zero-order valence-electron chi connectivity index (χ0n) is 13.0. The highest BCUT2D eigenvalue weighted by Crippen LogP contribution is 2.38. The van der Waals surface area contributed by atoms with E-state index in [-0.39, 0.29) is 5.91 Å². The number of nitrogens with one attached hydrogen (secondary N) is 1. The monoisotopic (exact) mass is 336 g/mol. The summed E-state index contributed by atoms with van der Waals surface area (Å²) < 4.78 is 1.99. The van der Waals surface area contributed by atoms with Gasteiger partial charge in [0.15, 0.2) is 4.96 Å². The maximum Gasteiger partial charge on any atom is 0.244 e. The summed E-state index contributed by atoms with van der Waals surface area (Å²) >= 11 is 1.59. The van der Waals surface area contributed by atoms with Gasteiger partial charge in [0.1, 0.15) is 5.41 Å². The van der Waals surface area contributed by atoms with Gasteiger partial charge in [0.2, 0.25) is 5.91 Å². The van der Waals surface area contributed by atoms with Crippen LogP contribution in [0.1, 0.15) is 25.7 Å². The van der Waals surface area contributed by atoms with Crippen molar-refractivity contribution in [3.63, 3.8) is 0 Å². The van der Waals surface area contributed by atoms with E-state index in [4.69, 9.17) is 0 Å². The predicted molar refractivity (Wildman–Crippen MR) is 93.6 cm³/mol. The van der Waals surface area contributed by atoms with E-state index in [2.05, 4.69) is 16.4 Å². The first-order valence-electron chi connectivity index (χ1n) is 7.96. The predicted octanol–water partition coefficient (Wildman–Crippen LogP) is 4.09. The summed E-state index contributed by atoms with van der Waals surface area (Å²) in [5.74, 6) is -0.183. The largest absolute Gasteiger partial charge is 0.325 e. The first kappa shape index (κ1) is 14.9. The molecule has 1 aliphatic carbocycles. The summed E-state index contributed by atoms with van der Waals surface area (Å²) in [5.41, 5.74) is 1.77. The number of rotatable bonds is 3. The second-order valence-corrected chi connectivity index (χ2v) is 7.02. The number of benzene rings is 1. The molecule has 1 aromatic carbocycles. The molecule has 1 fully saturated rings. The van der Waals surface area contributed by atoms with Crippen LogP contribution in [0.5, 0.6) is 0 Å². The van der Waals surface area contributed by atoms with Crippen LogP contribution < -0.4 is 5.32 Å². The van der Waals surface area contributed by atoms with Crippen molar-refractivity contribution in [2.75, 3.05) is 5.32 Å². The second-order valence-electron chi connectivity index (χ2n) is 6.15. The molecule has 1 saturated carbocycles. The third-order valence-corrected chi connectivity index (χ3v) is 5.41. The van der Waals surface area contributed by atoms with Gasteiger partial charge in [-0.2, -0.15) is 5.26 Å². The van der Waals surface area contributed by atoms with Crippen molar-refractivity contribution in [1.29, 1.82) is 5.26 Å². The minimum absolute atomic E-state index is 0.183. The van der Waals surface area contributed by atoms with E-state index in [1.54, 1.807) is 11.3 Å². The van der Waals surface area contributed by atoms with Gasteiger partial charge in [0.05, 0.1) is 11.8 Å². The van der Waals surface area contributed by atoms with Crippen molar-refractivity contribution in [2.45, 2.75) is 25.7 Å². The molecule has 5 nitrogen and oxygen atoms in total. The Hall–Kier alpha value is -2.65. The number of carbonyl (C=O) groups is 1. The number of anilines is 1. The number of fused-ring (bicyclic) bond motifs is 1. The highest BCUT2D eigenvalue weighted by atomic mass is 32.1. The van der Waals surface area contributed by atoms with Gasteiger partial charge >= 0.3 is 0 Å². The molecule has 0 bridgehead atoms. The molecular weight excluding hydrogens is 320 g/mol. The van der Waals surface area contributed by atoms with Gasteiger partial charge in [0.25, 0.3) is 0 Å². The van der Waals surface area contributed by atoms with Crippen LogP contribution >= 0.6 is 11.3 Å². The van der Waals surface area contributed by atoms with E-state index >= 15 is 0 Å². The average Bonchev–Trinajstić information content (AvgIpc) is 3.31. The lowest BCUT2D eigenvalue weighted by Gasteiger charge is -2.19. The van der Waals surface area contributed by atoms with Crippen LogP contribution in [0.25, 0.3) is 16.2 Å². The lowest BCUT2D eigenvalue weighted by molar-refractivity contribution is -0.122. The zero-order chi connectivity index (χ0) is 16.6. The molecule has 0 unspecified atom stereocenters. The molecule has 2 heterocycles. The van der Waals surface area contributed by atoms with E-state index in [0.29, 0.717) is 18.5 Å². The van der Waals surface area contributed by atoms with Gasteiger partial charge < -0.3 is 5.32 Å². The Morgan fingerprint density at radius 2 is 2.04 bits per heavy atom. The van der Waals surface area contributed by atoms with E-state index in [1.165, 1.54) is 0 Å². The van der Waals surface area contributed by atoms with Gasteiger partial charge in [-0.3, -0.25) is 9.20 Å². The molecule has 120 valence electrons. The fourth-order valence-electron chi connectivity index (χ4n) is 3.21. The van der Waals surface area contributed by atoms with Gasteiger partial charge in [0, 0.05) is 29.0 Å². The van der Waals surface area contributed by atoms with Crippen molar-refractivity contribution in [3.05, 3.63) is 42.0 Å². The molecule has 0 atom stereocenters. The number of aromatic nitrogens is 2. The summed E-state index contributed by atoms with van der Waals surface area (Å²) in [4.78, 5) is 18.0. The molecule has 24 heavy (non-hydrogen) atoms. The highest BCUT2D eigenvalue weighted by Gasteiger charge is 2.41. The lowest BCUT2D eigenvalue weighted by Crippen LogP contribution is -2.32. The average molecular weight is 336 g/mol. The SMILES string of the molecule is N#CC1(C(=O)Nc2ccc(-c3cn4ccsc4n3)cc2)CCCC1. The number of amides is 1. The maximum atomic E-state index is 12.5. The summed E-state index contributed by atoms with van der Waals surface area (Å²) in [6.45, 7) is 0. The van der Waals surface area contributed by atoms with Crippen LogP contribution in [0.3, 0.4) is 0 Å². The molecule has 0 spiro atoms. The number of nitrogens with zero attached hydrogens (tertiary/aromatic N) is 3. The van der Waals surface area contributed by atoms with Gasteiger partial charge in [-0.1, -0.05) is 25.0 Å². The number of hydrogen-bond acceptors (Lipinski definition) is 4. The number of imidazole rings is 1. The molecule has 0 aliphatic heterocycles. The van der Waals surface area contributed by atoms with Crippen molar-refractivity contribution in [1.82, 2.24) is 9.38 Å². The van der Waals surface area contributed by atoms with Crippen LogP contribution in [0.15, 0.2) is 42.0 Å². The Kier molecular flexibility index (Phi) is 3.58. The molecule has 3 aromatic rings. The topological polar surface area (TPSA) is 70.2 Å². The normalized spacial score (nSPS) is 16.1. The standard InChI is InChI=1S/C18H16N4OS/c19-12-18(7-1-2-8-18)16(23)20-14-5-3-13(4-6-14)15-11-22-9-10-24-17(22)21-15/h3-6,9-11H,1-2,7-8H2,(H,20,23). The molecule has 0 saturated heterocycles. The molecule has 1 aliphatic rings. The quantitative estimate of drug-likeness (QED) is 0.783. The smallest absolute Gasteiger partial charge is 0.244 e. The number of carbonyl (C=O) groups excluding carboxylic acids is 1. The van der Waals surface area contributed by atoms with E-state index in [0.717, 1.165) is 29.1 Å². The Morgan fingerprint density at radius 3 is 2.71 bits per heavy atom. The van der Waals surface area contributed by atoms with Crippen molar-refractivity contribution >= 4 is 27.9 Å². The van der Waals surface area contributed by atoms with E-state index in [1.807, 2.05) is 46.4 Å². The molecule has 0 radical (unpaired) electrons. The highest BCUT2D eigenvalue weighted by molar-refractivity contribution is 7.15. The maximum absolute atomic E-state index is 12.5. The van der Waals surface area contributed by atoms with Crippen LogP contribution in [0.4, 0.5) is 5.69 Å². The molecule has 2 aromatic heterocycles. The van der Waals surface area contributed by atoms with Crippen LogP contribution in [-0.4, -0.2) is 15.3 Å². The molecule has 1 amide bonds. The first-order valence-corrected chi connectivity index (χ1v) is 8.83. The zero-order valence-corrected chi connectivity index (χ0v) is 13.8. The minimum atomic E-state index is -0.854. The molecule has 1 N–H and O–H groups in total. The summed E-state index contributed by atoms with van der Waals surface area (Å²) in [5, 5.41) is 14.3. The molecule has 4 rings (SSSR count). The summed E-state index contributed by atoms with van der Waals surface area (Å²) in [6, 6.07) is 9.83. The third-order valence-electron chi connectivity index (χ3n) is 4.64. The third kappa shape index (κ3) is 2.47. The van der Waals surface area contributed by atoms with E-state index < -0.39 is 5.41 Å². The number of hydrogen-bond donors (Lipinski definition) is 1. The summed E-state index contributed by atoms with van der Waals surface area (Å²) in [6.07, 6.45) is 7.16. The van der Waals surface area contributed by atoms with Crippen LogP contribution in [-0.2, 0) is 4.79 Å². The molecule has 6 heteroatoms. The van der Waals surface area contributed by atoms with E-state index in [9.17, 15) is 10.1 Å². The Labute approximate surface area is 143 Å². The number of thiazole rings is 1. The lowest BCUT2D eigenvalue weighted by atomic mass is 9.87. The van der Waals surface area contributed by atoms with Gasteiger partial charge in [-0.05, 0) is 25.0 Å².